The van der Waals surface area contributed by atoms with Gasteiger partial charge in [0.25, 0.3) is 5.91 Å². The highest BCUT2D eigenvalue weighted by Crippen LogP contribution is 2.22. The van der Waals surface area contributed by atoms with Crippen LogP contribution in [-0.2, 0) is 4.79 Å². The van der Waals surface area contributed by atoms with Crippen LogP contribution in [0.25, 0.3) is 16.3 Å². The molecule has 0 bridgehead atoms. The summed E-state index contributed by atoms with van der Waals surface area (Å²) in [5.41, 5.74) is 4.69. The molecule has 0 radical (unpaired) electrons. The second-order valence-electron chi connectivity index (χ2n) is 5.75. The lowest BCUT2D eigenvalue weighted by atomic mass is 10.0. The predicted octanol–water partition coefficient (Wildman–Crippen LogP) is 2.14. The molecule has 1 aliphatic heterocycles. The molecule has 3 N–H and O–H groups in total. The number of allylic oxidation sites excluding steroid dienone is 1. The lowest BCUT2D eigenvalue weighted by Gasteiger charge is -2.20. The van der Waals surface area contributed by atoms with Gasteiger partial charge in [-0.1, -0.05) is 12.1 Å². The van der Waals surface area contributed by atoms with E-state index in [1.165, 1.54) is 0 Å². The van der Waals surface area contributed by atoms with E-state index in [-0.39, 0.29) is 5.91 Å². The molecule has 2 aliphatic rings. The van der Waals surface area contributed by atoms with E-state index in [0.717, 1.165) is 35.0 Å². The monoisotopic (exact) mass is 340 g/mol. The molecule has 2 heterocycles. The number of aliphatic imine (C=N–C) groups is 1. The third-order valence-electron chi connectivity index (χ3n) is 4.02. The normalized spacial score (nSPS) is 22.5. The van der Waals surface area contributed by atoms with Crippen LogP contribution in [0.1, 0.15) is 24.8 Å². The number of hydrogen-bond donors (Lipinski definition) is 3. The second-order valence-corrected chi connectivity index (χ2v) is 6.64. The minimum absolute atomic E-state index is 0.257. The quantitative estimate of drug-likeness (QED) is 0.731. The minimum atomic E-state index is -0.528. The van der Waals surface area contributed by atoms with Crippen LogP contribution in [0.5, 0.6) is 0 Å². The Kier molecular flexibility index (Phi) is 3.87. The first kappa shape index (κ1) is 15.0. The first-order chi connectivity index (χ1) is 11.7. The Bertz CT molecular complexity index is 897. The van der Waals surface area contributed by atoms with E-state index >= 15 is 0 Å². The van der Waals surface area contributed by atoms with Gasteiger partial charge in [-0.25, -0.2) is 9.98 Å². The Morgan fingerprint density at radius 2 is 2.33 bits per heavy atom. The molecular formula is C17H16N4O2S. The Labute approximate surface area is 142 Å². The van der Waals surface area contributed by atoms with Crippen LogP contribution in [0.15, 0.2) is 46.2 Å². The number of hydrogen-bond acceptors (Lipinski definition) is 6. The highest BCUT2D eigenvalue weighted by molar-refractivity contribution is 7.16. The van der Waals surface area contributed by atoms with E-state index in [4.69, 9.17) is 0 Å². The number of aliphatic hydroxyl groups excluding tert-OH is 1. The van der Waals surface area contributed by atoms with Crippen LogP contribution in [0.3, 0.4) is 0 Å². The largest absolute Gasteiger partial charge is 0.387 e. The number of thiazole rings is 1. The van der Waals surface area contributed by atoms with Gasteiger partial charge in [-0.05, 0) is 43.0 Å². The maximum absolute atomic E-state index is 12.1. The van der Waals surface area contributed by atoms with E-state index in [1.54, 1.807) is 22.9 Å². The number of carbonyl (C=O) groups is 1. The molecule has 24 heavy (non-hydrogen) atoms. The Balaban J connectivity index is 1.57. The van der Waals surface area contributed by atoms with Gasteiger partial charge < -0.3 is 10.4 Å². The van der Waals surface area contributed by atoms with Crippen molar-refractivity contribution in [3.05, 3.63) is 46.7 Å². The first-order valence-corrected chi connectivity index (χ1v) is 8.67. The third kappa shape index (κ3) is 2.95. The molecule has 0 saturated heterocycles. The van der Waals surface area contributed by atoms with Crippen molar-refractivity contribution in [1.82, 2.24) is 15.6 Å². The Morgan fingerprint density at radius 1 is 1.42 bits per heavy atom. The molecule has 1 atom stereocenters. The number of aliphatic hydroxyl groups is 1. The summed E-state index contributed by atoms with van der Waals surface area (Å²) in [6.07, 6.45) is 5.77. The van der Waals surface area contributed by atoms with Gasteiger partial charge in [-0.15, -0.1) is 11.3 Å². The predicted molar refractivity (Wildman–Crippen MR) is 94.3 cm³/mol. The molecule has 0 saturated carbocycles. The van der Waals surface area contributed by atoms with Crippen LogP contribution in [-0.4, -0.2) is 28.1 Å². The van der Waals surface area contributed by atoms with Crippen molar-refractivity contribution in [2.75, 3.05) is 0 Å². The molecule has 0 fully saturated rings. The molecule has 7 heteroatoms. The zero-order valence-electron chi connectivity index (χ0n) is 12.8. The van der Waals surface area contributed by atoms with Crippen molar-refractivity contribution in [3.63, 3.8) is 0 Å². The van der Waals surface area contributed by atoms with Crippen LogP contribution in [0, 0.1) is 0 Å². The fourth-order valence-corrected chi connectivity index (χ4v) is 3.50. The van der Waals surface area contributed by atoms with Crippen molar-refractivity contribution in [2.24, 2.45) is 4.99 Å². The zero-order valence-corrected chi connectivity index (χ0v) is 13.6. The topological polar surface area (TPSA) is 86.6 Å². The van der Waals surface area contributed by atoms with Gasteiger partial charge >= 0.3 is 0 Å². The number of amides is 1. The number of guanidine groups is 1. The molecule has 122 valence electrons. The number of nitrogens with zero attached hydrogens (tertiary/aromatic N) is 2. The Hall–Kier alpha value is -2.51. The van der Waals surface area contributed by atoms with E-state index in [9.17, 15) is 9.90 Å². The number of carbonyl (C=O) groups excluding carboxylic acids is 1. The molecule has 2 aromatic rings. The maximum Gasteiger partial charge on any atom is 0.276 e. The van der Waals surface area contributed by atoms with Gasteiger partial charge in [0.1, 0.15) is 5.70 Å². The van der Waals surface area contributed by atoms with Gasteiger partial charge in [0, 0.05) is 5.70 Å². The molecular weight excluding hydrogens is 324 g/mol. The van der Waals surface area contributed by atoms with E-state index < -0.39 is 6.10 Å². The number of fused-ring (bicyclic) bond motifs is 1. The van der Waals surface area contributed by atoms with E-state index in [1.807, 2.05) is 24.3 Å². The summed E-state index contributed by atoms with van der Waals surface area (Å²) in [6.45, 7) is 0. The average Bonchev–Trinajstić information content (AvgIpc) is 3.16. The summed E-state index contributed by atoms with van der Waals surface area (Å²) >= 11 is 1.56. The number of rotatable bonds is 2. The molecule has 0 unspecified atom stereocenters. The molecule has 1 aromatic carbocycles. The van der Waals surface area contributed by atoms with Crippen LogP contribution in [0.2, 0.25) is 0 Å². The summed E-state index contributed by atoms with van der Waals surface area (Å²) in [5, 5.41) is 15.7. The fraction of sp³-hybridized carbons (Fsp3) is 0.235. The van der Waals surface area contributed by atoms with Gasteiger partial charge in [0.05, 0.1) is 21.8 Å². The highest BCUT2D eigenvalue weighted by Gasteiger charge is 2.23. The summed E-state index contributed by atoms with van der Waals surface area (Å²) in [7, 11) is 0. The minimum Gasteiger partial charge on any atom is -0.387 e. The molecule has 1 amide bonds. The third-order valence-corrected chi connectivity index (χ3v) is 4.81. The van der Waals surface area contributed by atoms with E-state index in [2.05, 4.69) is 20.6 Å². The van der Waals surface area contributed by atoms with Crippen molar-refractivity contribution < 1.29 is 9.90 Å². The summed E-state index contributed by atoms with van der Waals surface area (Å²) in [6, 6.07) is 5.83. The number of nitrogens with one attached hydrogen (secondary N) is 2. The summed E-state index contributed by atoms with van der Waals surface area (Å²) < 4.78 is 1.07. The first-order valence-electron chi connectivity index (χ1n) is 7.79. The Morgan fingerprint density at radius 3 is 3.21 bits per heavy atom. The summed E-state index contributed by atoms with van der Waals surface area (Å²) in [5.74, 6) is 0.102. The molecule has 6 nitrogen and oxygen atoms in total. The molecule has 0 spiro atoms. The maximum atomic E-state index is 12.1. The lowest BCUT2D eigenvalue weighted by molar-refractivity contribution is -0.115. The van der Waals surface area contributed by atoms with Gasteiger partial charge in [-0.3, -0.25) is 10.1 Å². The number of benzene rings is 1. The second kappa shape index (κ2) is 6.18. The fourth-order valence-electron chi connectivity index (χ4n) is 2.78. The van der Waals surface area contributed by atoms with Crippen molar-refractivity contribution in [3.8, 4) is 0 Å². The van der Waals surface area contributed by atoms with Gasteiger partial charge in [0.15, 0.2) is 0 Å². The average molecular weight is 340 g/mol. The molecule has 4 rings (SSSR count). The van der Waals surface area contributed by atoms with Gasteiger partial charge in [-0.2, -0.15) is 0 Å². The van der Waals surface area contributed by atoms with E-state index in [0.29, 0.717) is 17.4 Å². The smallest absolute Gasteiger partial charge is 0.276 e. The van der Waals surface area contributed by atoms with Crippen molar-refractivity contribution in [2.45, 2.75) is 25.4 Å². The SMILES string of the molecule is O=C1NC(NC2=CCCC[C@@H]2O)=N/C1=C\c1ccc2ncsc2c1. The zero-order chi connectivity index (χ0) is 16.5. The highest BCUT2D eigenvalue weighted by atomic mass is 32.1. The van der Waals surface area contributed by atoms with Crippen molar-refractivity contribution in [1.29, 1.82) is 0 Å². The van der Waals surface area contributed by atoms with Crippen molar-refractivity contribution >= 4 is 39.5 Å². The number of aromatic nitrogens is 1. The van der Waals surface area contributed by atoms with Crippen LogP contribution < -0.4 is 10.6 Å². The molecule has 1 aromatic heterocycles. The standard InChI is InChI=1S/C17H16N4O2S/c22-14-4-2-1-3-11(14)19-17-20-13(16(23)21-17)7-10-5-6-12-15(8-10)24-9-18-12/h3,5-9,14,22H,1-2,4H2,(H2,19,20,21,23)/b13-7-/t14-/m0/s1. The van der Waals surface area contributed by atoms with Gasteiger partial charge in [0.2, 0.25) is 5.96 Å². The lowest BCUT2D eigenvalue weighted by Crippen LogP contribution is -2.39. The summed E-state index contributed by atoms with van der Waals surface area (Å²) in [4.78, 5) is 20.6. The van der Waals surface area contributed by atoms with Crippen LogP contribution in [0.4, 0.5) is 0 Å². The molecule has 1 aliphatic carbocycles. The van der Waals surface area contributed by atoms with Crippen LogP contribution >= 0.6 is 11.3 Å².